The van der Waals surface area contributed by atoms with E-state index in [-0.39, 0.29) is 0 Å². The lowest BCUT2D eigenvalue weighted by molar-refractivity contribution is 0.317. The number of aromatic nitrogens is 1. The van der Waals surface area contributed by atoms with Crippen LogP contribution >= 0.6 is 0 Å². The first-order chi connectivity index (χ1) is 11.3. The summed E-state index contributed by atoms with van der Waals surface area (Å²) >= 11 is 0. The Balaban J connectivity index is 1.78. The van der Waals surface area contributed by atoms with Crippen molar-refractivity contribution in [3.8, 4) is 5.75 Å². The molecule has 2 aromatic rings. The average Bonchev–Trinajstić information content (AvgIpc) is 2.60. The van der Waals surface area contributed by atoms with Gasteiger partial charge in [0.2, 0.25) is 0 Å². The second kappa shape index (κ2) is 10.0. The van der Waals surface area contributed by atoms with Crippen molar-refractivity contribution in [1.29, 1.82) is 0 Å². The predicted octanol–water partition coefficient (Wildman–Crippen LogP) is 5.39. The first-order valence-electron chi connectivity index (χ1n) is 8.97. The average molecular weight is 311 g/mol. The van der Waals surface area contributed by atoms with E-state index in [4.69, 9.17) is 4.74 Å². The van der Waals surface area contributed by atoms with Crippen LogP contribution in [0.4, 0.5) is 0 Å². The van der Waals surface area contributed by atoms with Gasteiger partial charge in [-0.15, -0.1) is 0 Å². The minimum atomic E-state index is 0.787. The third-order valence-corrected chi connectivity index (χ3v) is 4.02. The first kappa shape index (κ1) is 17.5. The molecule has 23 heavy (non-hydrogen) atoms. The van der Waals surface area contributed by atoms with Crippen LogP contribution in [0.5, 0.6) is 5.75 Å². The van der Waals surface area contributed by atoms with Gasteiger partial charge in [-0.05, 0) is 61.4 Å². The molecular weight excluding hydrogens is 282 g/mol. The molecule has 1 aromatic carbocycles. The van der Waals surface area contributed by atoms with Crippen LogP contribution in [0.15, 0.2) is 42.6 Å². The van der Waals surface area contributed by atoms with E-state index in [1.165, 1.54) is 36.1 Å². The van der Waals surface area contributed by atoms with Gasteiger partial charge < -0.3 is 4.74 Å². The van der Waals surface area contributed by atoms with Gasteiger partial charge in [0, 0.05) is 11.9 Å². The summed E-state index contributed by atoms with van der Waals surface area (Å²) in [7, 11) is 0. The topological polar surface area (TPSA) is 22.1 Å². The molecule has 0 N–H and O–H groups in total. The normalized spacial score (nSPS) is 10.7. The molecule has 0 atom stereocenters. The number of hydrogen-bond donors (Lipinski definition) is 0. The molecule has 1 aromatic heterocycles. The molecule has 0 unspecified atom stereocenters. The van der Waals surface area contributed by atoms with Crippen molar-refractivity contribution in [3.05, 3.63) is 59.4 Å². The van der Waals surface area contributed by atoms with Gasteiger partial charge in [-0.2, -0.15) is 0 Å². The molecular formula is C21H29NO. The van der Waals surface area contributed by atoms with Gasteiger partial charge >= 0.3 is 0 Å². The fourth-order valence-corrected chi connectivity index (χ4v) is 2.57. The molecule has 2 nitrogen and oxygen atoms in total. The van der Waals surface area contributed by atoms with Crippen LogP contribution in [0.25, 0.3) is 0 Å². The number of ether oxygens (including phenoxy) is 1. The summed E-state index contributed by atoms with van der Waals surface area (Å²) in [5, 5.41) is 0. The monoisotopic (exact) mass is 311 g/mol. The summed E-state index contributed by atoms with van der Waals surface area (Å²) in [6.45, 7) is 5.14. The van der Waals surface area contributed by atoms with E-state index in [2.05, 4.69) is 55.2 Å². The number of pyridine rings is 1. The van der Waals surface area contributed by atoms with E-state index in [1.807, 2.05) is 6.20 Å². The minimum absolute atomic E-state index is 0.787. The standard InChI is InChI=1S/C21H29NO/c1-3-5-6-7-20-13-10-19(17-22-20)9-8-18-11-14-21(15-12-18)23-16-4-2/h10-15,17H,3-9,16H2,1-2H3. The van der Waals surface area contributed by atoms with E-state index < -0.39 is 0 Å². The van der Waals surface area contributed by atoms with E-state index >= 15 is 0 Å². The van der Waals surface area contributed by atoms with E-state index in [0.29, 0.717) is 0 Å². The Labute approximate surface area is 140 Å². The minimum Gasteiger partial charge on any atom is -0.494 e. The molecule has 0 bridgehead atoms. The smallest absolute Gasteiger partial charge is 0.119 e. The lowest BCUT2D eigenvalue weighted by atomic mass is 10.0. The van der Waals surface area contributed by atoms with Crippen LogP contribution in [0.2, 0.25) is 0 Å². The summed E-state index contributed by atoms with van der Waals surface area (Å²) in [5.41, 5.74) is 3.89. The number of aryl methyl sites for hydroxylation is 3. The van der Waals surface area contributed by atoms with Crippen LogP contribution in [0.1, 0.15) is 56.4 Å². The molecule has 0 spiro atoms. The summed E-state index contributed by atoms with van der Waals surface area (Å²) in [4.78, 5) is 4.59. The number of benzene rings is 1. The lowest BCUT2D eigenvalue weighted by Gasteiger charge is -2.07. The van der Waals surface area contributed by atoms with Crippen molar-refractivity contribution >= 4 is 0 Å². The van der Waals surface area contributed by atoms with Crippen LogP contribution in [-0.2, 0) is 19.3 Å². The van der Waals surface area contributed by atoms with E-state index in [9.17, 15) is 0 Å². The molecule has 0 aliphatic carbocycles. The van der Waals surface area contributed by atoms with Crippen molar-refractivity contribution in [2.45, 2.75) is 58.8 Å². The van der Waals surface area contributed by atoms with Crippen molar-refractivity contribution < 1.29 is 4.74 Å². The quantitative estimate of drug-likeness (QED) is 0.549. The highest BCUT2D eigenvalue weighted by Crippen LogP contribution is 2.14. The van der Waals surface area contributed by atoms with Crippen LogP contribution < -0.4 is 4.74 Å². The molecule has 0 saturated carbocycles. The summed E-state index contributed by atoms with van der Waals surface area (Å²) in [6.07, 6.45) is 10.1. The highest BCUT2D eigenvalue weighted by atomic mass is 16.5. The maximum Gasteiger partial charge on any atom is 0.119 e. The molecule has 124 valence electrons. The Morgan fingerprint density at radius 2 is 1.52 bits per heavy atom. The first-order valence-corrected chi connectivity index (χ1v) is 8.97. The van der Waals surface area contributed by atoms with Crippen molar-refractivity contribution in [2.75, 3.05) is 6.61 Å². The van der Waals surface area contributed by atoms with Crippen molar-refractivity contribution in [3.63, 3.8) is 0 Å². The number of unbranched alkanes of at least 4 members (excludes halogenated alkanes) is 2. The summed E-state index contributed by atoms with van der Waals surface area (Å²) in [6, 6.07) is 12.9. The molecule has 0 aliphatic rings. The van der Waals surface area contributed by atoms with Gasteiger partial charge in [0.15, 0.2) is 0 Å². The van der Waals surface area contributed by atoms with Gasteiger partial charge in [-0.25, -0.2) is 0 Å². The van der Waals surface area contributed by atoms with Gasteiger partial charge in [0.25, 0.3) is 0 Å². The lowest BCUT2D eigenvalue weighted by Crippen LogP contribution is -1.97. The van der Waals surface area contributed by atoms with Gasteiger partial charge in [-0.3, -0.25) is 4.98 Å². The van der Waals surface area contributed by atoms with Crippen molar-refractivity contribution in [2.24, 2.45) is 0 Å². The predicted molar refractivity (Wildman–Crippen MR) is 97.1 cm³/mol. The van der Waals surface area contributed by atoms with E-state index in [1.54, 1.807) is 0 Å². The Morgan fingerprint density at radius 3 is 2.17 bits per heavy atom. The Kier molecular flexibility index (Phi) is 7.65. The Morgan fingerprint density at radius 1 is 0.783 bits per heavy atom. The van der Waals surface area contributed by atoms with Crippen LogP contribution in [0, 0.1) is 0 Å². The third kappa shape index (κ3) is 6.43. The van der Waals surface area contributed by atoms with E-state index in [0.717, 1.165) is 38.0 Å². The number of nitrogens with zero attached hydrogens (tertiary/aromatic N) is 1. The maximum atomic E-state index is 5.62. The molecule has 1 heterocycles. The molecule has 0 saturated heterocycles. The second-order valence-corrected chi connectivity index (χ2v) is 6.11. The zero-order chi connectivity index (χ0) is 16.3. The zero-order valence-corrected chi connectivity index (χ0v) is 14.6. The molecule has 0 fully saturated rings. The Bertz CT molecular complexity index is 545. The molecule has 0 amide bonds. The Hall–Kier alpha value is -1.83. The van der Waals surface area contributed by atoms with Crippen LogP contribution in [-0.4, -0.2) is 11.6 Å². The molecule has 0 aliphatic heterocycles. The van der Waals surface area contributed by atoms with Crippen LogP contribution in [0.3, 0.4) is 0 Å². The summed E-state index contributed by atoms with van der Waals surface area (Å²) < 4.78 is 5.62. The van der Waals surface area contributed by atoms with Gasteiger partial charge in [-0.1, -0.05) is 44.9 Å². The molecule has 2 rings (SSSR count). The van der Waals surface area contributed by atoms with Gasteiger partial charge in [0.05, 0.1) is 6.61 Å². The highest BCUT2D eigenvalue weighted by molar-refractivity contribution is 5.28. The largest absolute Gasteiger partial charge is 0.494 e. The number of rotatable bonds is 10. The fourth-order valence-electron chi connectivity index (χ4n) is 2.57. The van der Waals surface area contributed by atoms with Gasteiger partial charge in [0.1, 0.15) is 5.75 Å². The maximum absolute atomic E-state index is 5.62. The zero-order valence-electron chi connectivity index (χ0n) is 14.6. The summed E-state index contributed by atoms with van der Waals surface area (Å²) in [5.74, 6) is 0.966. The van der Waals surface area contributed by atoms with Crippen molar-refractivity contribution in [1.82, 2.24) is 4.98 Å². The highest BCUT2D eigenvalue weighted by Gasteiger charge is 2.00. The second-order valence-electron chi connectivity index (χ2n) is 6.11. The molecule has 2 heteroatoms. The molecule has 0 radical (unpaired) electrons. The SMILES string of the molecule is CCCCCc1ccc(CCc2ccc(OCCC)cc2)cn1. The number of hydrogen-bond acceptors (Lipinski definition) is 2. The third-order valence-electron chi connectivity index (χ3n) is 4.02. The fraction of sp³-hybridized carbons (Fsp3) is 0.476.